The van der Waals surface area contributed by atoms with Crippen LogP contribution in [0.25, 0.3) is 0 Å². The zero-order valence-electron chi connectivity index (χ0n) is 8.49. The van der Waals surface area contributed by atoms with Gasteiger partial charge in [-0.15, -0.1) is 0 Å². The first kappa shape index (κ1) is 13.8. The van der Waals surface area contributed by atoms with Gasteiger partial charge in [-0.1, -0.05) is 0 Å². The molecule has 7 heteroatoms. The maximum Gasteiger partial charge on any atom is 0.321 e. The Morgan fingerprint density at radius 3 is 1.73 bits per heavy atom. The number of hydrogen-bond donors (Lipinski definition) is 4. The third-order valence-corrected chi connectivity index (χ3v) is 1.88. The van der Waals surface area contributed by atoms with Crippen LogP contribution in [0.3, 0.4) is 0 Å². The number of hydrogen-bond acceptors (Lipinski definition) is 5. The average molecular weight is 221 g/mol. The van der Waals surface area contributed by atoms with Crippen molar-refractivity contribution in [3.05, 3.63) is 0 Å². The lowest BCUT2D eigenvalue weighted by molar-refractivity contribution is -0.166. The van der Waals surface area contributed by atoms with Crippen LogP contribution in [0.2, 0.25) is 0 Å². The lowest BCUT2D eigenvalue weighted by Gasteiger charge is -2.32. The highest BCUT2D eigenvalue weighted by atomic mass is 16.4. The molecule has 0 rings (SSSR count). The SMILES string of the molecule is CC(O)N(C(C)O)[C@@H](CC(=O)O)C(=O)O. The number of aliphatic hydroxyl groups is 2. The van der Waals surface area contributed by atoms with Gasteiger partial charge in [0.15, 0.2) is 0 Å². The minimum absolute atomic E-state index is 0.689. The van der Waals surface area contributed by atoms with Crippen LogP contribution in [0.1, 0.15) is 20.3 Å². The number of aliphatic hydroxyl groups excluding tert-OH is 2. The number of aliphatic carboxylic acids is 2. The summed E-state index contributed by atoms with van der Waals surface area (Å²) >= 11 is 0. The van der Waals surface area contributed by atoms with Crippen molar-refractivity contribution in [2.75, 3.05) is 0 Å². The van der Waals surface area contributed by atoms with E-state index >= 15 is 0 Å². The van der Waals surface area contributed by atoms with Crippen molar-refractivity contribution >= 4 is 11.9 Å². The van der Waals surface area contributed by atoms with Gasteiger partial charge in [0, 0.05) is 0 Å². The molecule has 0 saturated carbocycles. The second-order valence-corrected chi connectivity index (χ2v) is 3.16. The monoisotopic (exact) mass is 221 g/mol. The van der Waals surface area contributed by atoms with Gasteiger partial charge in [-0.2, -0.15) is 0 Å². The summed E-state index contributed by atoms with van der Waals surface area (Å²) in [6.07, 6.45) is -3.18. The molecule has 0 aliphatic heterocycles. The number of carboxylic acids is 2. The smallest absolute Gasteiger partial charge is 0.321 e. The Morgan fingerprint density at radius 2 is 1.53 bits per heavy atom. The maximum atomic E-state index is 10.8. The van der Waals surface area contributed by atoms with Gasteiger partial charge in [-0.3, -0.25) is 9.59 Å². The Kier molecular flexibility index (Phi) is 5.20. The highest BCUT2D eigenvalue weighted by Crippen LogP contribution is 2.11. The second-order valence-electron chi connectivity index (χ2n) is 3.16. The highest BCUT2D eigenvalue weighted by Gasteiger charge is 2.33. The summed E-state index contributed by atoms with van der Waals surface area (Å²) in [7, 11) is 0. The molecule has 0 aliphatic carbocycles. The molecule has 0 fully saturated rings. The van der Waals surface area contributed by atoms with Gasteiger partial charge >= 0.3 is 11.9 Å². The Labute approximate surface area is 86.6 Å². The van der Waals surface area contributed by atoms with Gasteiger partial charge in [0.2, 0.25) is 0 Å². The highest BCUT2D eigenvalue weighted by molar-refractivity contribution is 5.80. The standard InChI is InChI=1S/C8H15NO6/c1-4(10)9(5(2)11)6(8(14)15)3-7(12)13/h4-6,10-11H,3H2,1-2H3,(H,12,13)(H,14,15)/t4?,5?,6-/m0/s1. The summed E-state index contributed by atoms with van der Waals surface area (Å²) < 4.78 is 0. The lowest BCUT2D eigenvalue weighted by atomic mass is 10.1. The summed E-state index contributed by atoms with van der Waals surface area (Å²) in [5.74, 6) is -2.71. The first-order valence-electron chi connectivity index (χ1n) is 4.35. The van der Waals surface area contributed by atoms with E-state index in [4.69, 9.17) is 10.2 Å². The first-order chi connectivity index (χ1) is 6.77. The van der Waals surface area contributed by atoms with Gasteiger partial charge in [0.25, 0.3) is 0 Å². The molecular weight excluding hydrogens is 206 g/mol. The van der Waals surface area contributed by atoms with Crippen LogP contribution in [0.15, 0.2) is 0 Å². The van der Waals surface area contributed by atoms with E-state index in [0.29, 0.717) is 0 Å². The van der Waals surface area contributed by atoms with Gasteiger partial charge in [0.1, 0.15) is 18.5 Å². The zero-order valence-corrected chi connectivity index (χ0v) is 8.49. The molecule has 4 N–H and O–H groups in total. The van der Waals surface area contributed by atoms with Crippen molar-refractivity contribution in [3.63, 3.8) is 0 Å². The fourth-order valence-electron chi connectivity index (χ4n) is 1.32. The Hall–Kier alpha value is -1.18. The second kappa shape index (κ2) is 5.64. The number of carboxylic acid groups (broad SMARTS) is 2. The first-order valence-corrected chi connectivity index (χ1v) is 4.35. The summed E-state index contributed by atoms with van der Waals surface area (Å²) in [4.78, 5) is 22.0. The molecule has 0 spiro atoms. The maximum absolute atomic E-state index is 10.8. The molecule has 0 aromatic heterocycles. The Morgan fingerprint density at radius 1 is 1.13 bits per heavy atom. The van der Waals surface area contributed by atoms with E-state index in [2.05, 4.69) is 0 Å². The summed E-state index contributed by atoms with van der Waals surface area (Å²) in [5, 5.41) is 35.7. The molecule has 0 aliphatic rings. The molecule has 0 bridgehead atoms. The van der Waals surface area contributed by atoms with Gasteiger partial charge < -0.3 is 20.4 Å². The summed E-state index contributed by atoms with van der Waals surface area (Å²) in [5.41, 5.74) is 0. The minimum atomic E-state index is -1.46. The predicted octanol–water partition coefficient (Wildman–Crippen LogP) is -1.11. The van der Waals surface area contributed by atoms with Crippen LogP contribution in [0.4, 0.5) is 0 Å². The van der Waals surface area contributed by atoms with Crippen molar-refractivity contribution in [2.45, 2.75) is 38.8 Å². The van der Waals surface area contributed by atoms with Crippen molar-refractivity contribution in [1.29, 1.82) is 0 Å². The molecule has 0 saturated heterocycles. The van der Waals surface area contributed by atoms with Crippen molar-refractivity contribution in [1.82, 2.24) is 4.90 Å². The minimum Gasteiger partial charge on any atom is -0.481 e. The topological polar surface area (TPSA) is 118 Å². The van der Waals surface area contributed by atoms with Crippen LogP contribution in [0, 0.1) is 0 Å². The molecule has 15 heavy (non-hydrogen) atoms. The molecule has 2 unspecified atom stereocenters. The summed E-state index contributed by atoms with van der Waals surface area (Å²) in [6, 6.07) is -1.46. The molecule has 0 heterocycles. The molecular formula is C8H15NO6. The van der Waals surface area contributed by atoms with Gasteiger partial charge in [-0.25, -0.2) is 4.90 Å². The Balaban J connectivity index is 4.84. The van der Waals surface area contributed by atoms with E-state index in [9.17, 15) is 19.8 Å². The fourth-order valence-corrected chi connectivity index (χ4v) is 1.32. The molecule has 0 amide bonds. The molecule has 0 aromatic rings. The largest absolute Gasteiger partial charge is 0.481 e. The van der Waals surface area contributed by atoms with Crippen LogP contribution in [-0.2, 0) is 9.59 Å². The van der Waals surface area contributed by atoms with Gasteiger partial charge in [0.05, 0.1) is 6.42 Å². The van der Waals surface area contributed by atoms with Crippen molar-refractivity contribution < 1.29 is 30.0 Å². The number of carbonyl (C=O) groups is 2. The van der Waals surface area contributed by atoms with Crippen LogP contribution < -0.4 is 0 Å². The number of rotatable bonds is 6. The van der Waals surface area contributed by atoms with E-state index < -0.39 is 36.9 Å². The molecule has 0 aromatic carbocycles. The summed E-state index contributed by atoms with van der Waals surface area (Å²) in [6.45, 7) is 2.51. The van der Waals surface area contributed by atoms with Crippen molar-refractivity contribution in [3.8, 4) is 0 Å². The quantitative estimate of drug-likeness (QED) is 0.420. The molecule has 7 nitrogen and oxygen atoms in total. The van der Waals surface area contributed by atoms with Crippen LogP contribution in [0.5, 0.6) is 0 Å². The third kappa shape index (κ3) is 4.24. The van der Waals surface area contributed by atoms with E-state index in [1.807, 2.05) is 0 Å². The Bertz CT molecular complexity index is 231. The lowest BCUT2D eigenvalue weighted by Crippen LogP contribution is -2.51. The normalized spacial score (nSPS) is 17.1. The van der Waals surface area contributed by atoms with E-state index in [-0.39, 0.29) is 0 Å². The fraction of sp³-hybridized carbons (Fsp3) is 0.750. The van der Waals surface area contributed by atoms with E-state index in [1.54, 1.807) is 0 Å². The molecule has 0 radical (unpaired) electrons. The third-order valence-electron chi connectivity index (χ3n) is 1.88. The van der Waals surface area contributed by atoms with Gasteiger partial charge in [-0.05, 0) is 13.8 Å². The molecule has 88 valence electrons. The van der Waals surface area contributed by atoms with Crippen molar-refractivity contribution in [2.24, 2.45) is 0 Å². The van der Waals surface area contributed by atoms with E-state index in [1.165, 1.54) is 13.8 Å². The van der Waals surface area contributed by atoms with E-state index in [0.717, 1.165) is 4.90 Å². The predicted molar refractivity (Wildman–Crippen MR) is 48.9 cm³/mol. The number of nitrogens with zero attached hydrogens (tertiary/aromatic N) is 1. The zero-order chi connectivity index (χ0) is 12.2. The van der Waals surface area contributed by atoms with Crippen LogP contribution >= 0.6 is 0 Å². The molecule has 3 atom stereocenters. The van der Waals surface area contributed by atoms with Crippen LogP contribution in [-0.4, -0.2) is 55.8 Å². The average Bonchev–Trinajstić information content (AvgIpc) is 2.00.